The second-order valence-corrected chi connectivity index (χ2v) is 6.96. The van der Waals surface area contributed by atoms with E-state index in [0.717, 1.165) is 4.88 Å². The summed E-state index contributed by atoms with van der Waals surface area (Å²) >= 11 is 2.75. The number of carbonyl (C=O) groups excluding carboxylic acids is 1. The second kappa shape index (κ2) is 7.19. The van der Waals surface area contributed by atoms with Gasteiger partial charge in [-0.2, -0.15) is 0 Å². The predicted molar refractivity (Wildman–Crippen MR) is 101 cm³/mol. The Hall–Kier alpha value is -2.84. The van der Waals surface area contributed by atoms with Gasteiger partial charge in [0.25, 0.3) is 5.91 Å². The molecule has 0 fully saturated rings. The van der Waals surface area contributed by atoms with Gasteiger partial charge in [0.2, 0.25) is 0 Å². The number of nitrogens with one attached hydrogen (secondary N) is 1. The fourth-order valence-electron chi connectivity index (χ4n) is 2.42. The van der Waals surface area contributed by atoms with Gasteiger partial charge in [-0.15, -0.1) is 11.8 Å². The number of anilines is 1. The van der Waals surface area contributed by atoms with Gasteiger partial charge < -0.3 is 8.83 Å². The van der Waals surface area contributed by atoms with Crippen LogP contribution in [0.1, 0.15) is 10.4 Å². The zero-order valence-corrected chi connectivity index (χ0v) is 15.3. The molecule has 0 unspecified atom stereocenters. The summed E-state index contributed by atoms with van der Waals surface area (Å²) in [4.78, 5) is 22.2. The van der Waals surface area contributed by atoms with Crippen molar-refractivity contribution < 1.29 is 13.6 Å². The molecule has 4 rings (SSSR count). The van der Waals surface area contributed by atoms with E-state index in [4.69, 9.17) is 8.83 Å². The van der Waals surface area contributed by atoms with Crippen LogP contribution in [0.3, 0.4) is 0 Å². The number of aromatic nitrogens is 2. The number of hydrogen-bond donors (Lipinski definition) is 1. The highest BCUT2D eigenvalue weighted by Crippen LogP contribution is 2.39. The average Bonchev–Trinajstić information content (AvgIpc) is 3.41. The van der Waals surface area contributed by atoms with Gasteiger partial charge in [0, 0.05) is 6.20 Å². The van der Waals surface area contributed by atoms with Crippen molar-refractivity contribution in [2.75, 3.05) is 11.6 Å². The third-order valence-electron chi connectivity index (χ3n) is 3.56. The van der Waals surface area contributed by atoms with Crippen molar-refractivity contribution in [2.24, 2.45) is 0 Å². The number of furan rings is 2. The first-order chi connectivity index (χ1) is 12.8. The third kappa shape index (κ3) is 3.16. The van der Waals surface area contributed by atoms with Crippen LogP contribution in [0.15, 0.2) is 69.0 Å². The summed E-state index contributed by atoms with van der Waals surface area (Å²) in [5.74, 6) is 1.02. The summed E-state index contributed by atoms with van der Waals surface area (Å²) in [7, 11) is 0. The van der Waals surface area contributed by atoms with Crippen LogP contribution in [0.4, 0.5) is 5.13 Å². The molecule has 1 N–H and O–H groups in total. The Morgan fingerprint density at radius 3 is 2.58 bits per heavy atom. The molecule has 0 atom stereocenters. The lowest BCUT2D eigenvalue weighted by Gasteiger charge is -2.05. The van der Waals surface area contributed by atoms with E-state index in [1.807, 2.05) is 18.4 Å². The van der Waals surface area contributed by atoms with E-state index in [-0.39, 0.29) is 5.91 Å². The van der Waals surface area contributed by atoms with Gasteiger partial charge in [-0.3, -0.25) is 10.1 Å². The number of hydrogen-bond acceptors (Lipinski definition) is 7. The molecule has 26 heavy (non-hydrogen) atoms. The first-order valence-corrected chi connectivity index (χ1v) is 9.69. The SMILES string of the molecule is CSc1ncccc1C(=O)Nc1nc(-c2ccco2)c(-c2ccco2)s1. The van der Waals surface area contributed by atoms with Crippen LogP contribution in [0.2, 0.25) is 0 Å². The molecular weight excluding hydrogens is 370 g/mol. The van der Waals surface area contributed by atoms with E-state index in [2.05, 4.69) is 15.3 Å². The molecule has 6 nitrogen and oxygen atoms in total. The van der Waals surface area contributed by atoms with Gasteiger partial charge in [0.15, 0.2) is 10.9 Å². The minimum Gasteiger partial charge on any atom is -0.463 e. The number of carbonyl (C=O) groups is 1. The Bertz CT molecular complexity index is 972. The minimum atomic E-state index is -0.256. The number of thioether (sulfide) groups is 1. The van der Waals surface area contributed by atoms with E-state index in [9.17, 15) is 4.79 Å². The lowest BCUT2D eigenvalue weighted by atomic mass is 10.2. The monoisotopic (exact) mass is 383 g/mol. The molecule has 4 aromatic rings. The van der Waals surface area contributed by atoms with E-state index < -0.39 is 0 Å². The molecule has 1 amide bonds. The topological polar surface area (TPSA) is 81.2 Å². The number of pyridine rings is 1. The summed E-state index contributed by atoms with van der Waals surface area (Å²) in [5, 5.41) is 3.98. The van der Waals surface area contributed by atoms with Gasteiger partial charge in [-0.1, -0.05) is 11.3 Å². The Labute approximate surface area is 157 Å². The number of rotatable bonds is 5. The Morgan fingerprint density at radius 1 is 1.12 bits per heavy atom. The molecular formula is C18H13N3O3S2. The lowest BCUT2D eigenvalue weighted by molar-refractivity contribution is 0.102. The van der Waals surface area contributed by atoms with Crippen LogP contribution in [0.25, 0.3) is 22.1 Å². The minimum absolute atomic E-state index is 0.256. The third-order valence-corrected chi connectivity index (χ3v) is 5.25. The lowest BCUT2D eigenvalue weighted by Crippen LogP contribution is -2.13. The fraction of sp³-hybridized carbons (Fsp3) is 0.0556. The average molecular weight is 383 g/mol. The molecule has 0 saturated carbocycles. The van der Waals surface area contributed by atoms with Gasteiger partial charge in [0.1, 0.15) is 21.4 Å². The van der Waals surface area contributed by atoms with Gasteiger partial charge in [0.05, 0.1) is 18.1 Å². The number of amides is 1. The molecule has 0 aromatic carbocycles. The highest BCUT2D eigenvalue weighted by Gasteiger charge is 2.21. The van der Waals surface area contributed by atoms with Crippen LogP contribution < -0.4 is 5.32 Å². The van der Waals surface area contributed by atoms with Gasteiger partial charge in [-0.25, -0.2) is 9.97 Å². The van der Waals surface area contributed by atoms with Crippen molar-refractivity contribution in [1.82, 2.24) is 9.97 Å². The van der Waals surface area contributed by atoms with Crippen LogP contribution in [0, 0.1) is 0 Å². The maximum atomic E-state index is 12.6. The molecule has 0 bridgehead atoms. The molecule has 0 saturated heterocycles. The quantitative estimate of drug-likeness (QED) is 0.487. The van der Waals surface area contributed by atoms with Crippen molar-refractivity contribution in [1.29, 1.82) is 0 Å². The second-order valence-electron chi connectivity index (χ2n) is 5.17. The highest BCUT2D eigenvalue weighted by molar-refractivity contribution is 7.98. The first kappa shape index (κ1) is 16.6. The van der Waals surface area contributed by atoms with Crippen molar-refractivity contribution >= 4 is 34.1 Å². The summed E-state index contributed by atoms with van der Waals surface area (Å²) < 4.78 is 11.0. The predicted octanol–water partition coefficient (Wildman–Crippen LogP) is 5.03. The van der Waals surface area contributed by atoms with Crippen LogP contribution in [-0.4, -0.2) is 22.1 Å². The van der Waals surface area contributed by atoms with E-state index in [0.29, 0.717) is 32.9 Å². The highest BCUT2D eigenvalue weighted by atomic mass is 32.2. The van der Waals surface area contributed by atoms with Gasteiger partial charge >= 0.3 is 0 Å². The van der Waals surface area contributed by atoms with Crippen molar-refractivity contribution in [3.8, 4) is 22.1 Å². The normalized spacial score (nSPS) is 10.8. The van der Waals surface area contributed by atoms with Crippen molar-refractivity contribution in [2.45, 2.75) is 5.03 Å². The molecule has 130 valence electrons. The molecule has 4 aromatic heterocycles. The molecule has 0 aliphatic heterocycles. The molecule has 0 aliphatic carbocycles. The van der Waals surface area contributed by atoms with E-state index in [1.165, 1.54) is 23.1 Å². The van der Waals surface area contributed by atoms with Gasteiger partial charge in [-0.05, 0) is 42.7 Å². The maximum Gasteiger partial charge on any atom is 0.260 e. The Kier molecular flexibility index (Phi) is 4.59. The number of thiazole rings is 1. The zero-order valence-electron chi connectivity index (χ0n) is 13.6. The van der Waals surface area contributed by atoms with Crippen molar-refractivity contribution in [3.63, 3.8) is 0 Å². The molecule has 8 heteroatoms. The largest absolute Gasteiger partial charge is 0.463 e. The molecule has 0 radical (unpaired) electrons. The maximum absolute atomic E-state index is 12.6. The number of nitrogens with zero attached hydrogens (tertiary/aromatic N) is 2. The summed E-state index contributed by atoms with van der Waals surface area (Å²) in [5.41, 5.74) is 1.14. The molecule has 0 aliphatic rings. The van der Waals surface area contributed by atoms with Crippen molar-refractivity contribution in [3.05, 3.63) is 60.7 Å². The summed E-state index contributed by atoms with van der Waals surface area (Å²) in [6.07, 6.45) is 6.72. The van der Waals surface area contributed by atoms with E-state index >= 15 is 0 Å². The van der Waals surface area contributed by atoms with Crippen LogP contribution in [-0.2, 0) is 0 Å². The molecule has 4 heterocycles. The standard InChI is InChI=1S/C18H13N3O3S2/c1-25-17-11(5-2-8-19-17)16(22)21-18-20-14(12-6-3-9-23-12)15(26-18)13-7-4-10-24-13/h2-10H,1H3,(H,20,21,22). The van der Waals surface area contributed by atoms with Crippen LogP contribution in [0.5, 0.6) is 0 Å². The smallest absolute Gasteiger partial charge is 0.260 e. The molecule has 0 spiro atoms. The van der Waals surface area contributed by atoms with E-state index in [1.54, 1.807) is 43.0 Å². The summed E-state index contributed by atoms with van der Waals surface area (Å²) in [6, 6.07) is 10.7. The summed E-state index contributed by atoms with van der Waals surface area (Å²) in [6.45, 7) is 0. The Morgan fingerprint density at radius 2 is 1.88 bits per heavy atom. The first-order valence-electron chi connectivity index (χ1n) is 7.65. The zero-order chi connectivity index (χ0) is 17.9. The fourth-order valence-corrected chi connectivity index (χ4v) is 3.90. The Balaban J connectivity index is 1.69. The van der Waals surface area contributed by atoms with Crippen LogP contribution >= 0.6 is 23.1 Å².